The Morgan fingerprint density at radius 2 is 1.79 bits per heavy atom. The Balaban J connectivity index is 1.14. The van der Waals surface area contributed by atoms with Gasteiger partial charge in [-0.1, -0.05) is 36.4 Å². The maximum absolute atomic E-state index is 15.0. The second-order valence-electron chi connectivity index (χ2n) is 10.4. The Hall–Kier alpha value is -5.07. The lowest BCUT2D eigenvalue weighted by Crippen LogP contribution is -2.44. The molecule has 1 aliphatic rings. The van der Waals surface area contributed by atoms with E-state index in [1.807, 2.05) is 42.5 Å². The third-order valence-electron chi connectivity index (χ3n) is 7.62. The second kappa shape index (κ2) is 11.0. The van der Waals surface area contributed by atoms with Gasteiger partial charge in [0.05, 0.1) is 30.5 Å². The minimum atomic E-state index is -0.716. The number of methoxy groups -OCH3 is 1. The molecular weight excluding hydrogens is 554 g/mol. The van der Waals surface area contributed by atoms with Gasteiger partial charge in [-0.25, -0.2) is 23.3 Å². The second-order valence-corrected chi connectivity index (χ2v) is 10.4. The number of hydrogen-bond donors (Lipinski definition) is 2. The van der Waals surface area contributed by atoms with Crippen molar-refractivity contribution in [2.45, 2.75) is 19.1 Å². The summed E-state index contributed by atoms with van der Waals surface area (Å²) in [6.45, 7) is 2.01. The Labute approximate surface area is 244 Å². The fourth-order valence-corrected chi connectivity index (χ4v) is 5.42. The maximum Gasteiger partial charge on any atom is 0.240 e. The maximum atomic E-state index is 15.0. The molecule has 1 fully saturated rings. The summed E-state index contributed by atoms with van der Waals surface area (Å²) in [6, 6.07) is 17.1. The van der Waals surface area contributed by atoms with Crippen LogP contribution in [-0.2, 0) is 13.2 Å². The van der Waals surface area contributed by atoms with E-state index in [2.05, 4.69) is 30.2 Å². The summed E-state index contributed by atoms with van der Waals surface area (Å²) in [6.07, 6.45) is 3.24. The van der Waals surface area contributed by atoms with E-state index in [9.17, 15) is 13.9 Å². The number of H-pyrrole nitrogens is 1. The molecular formula is C31H26F2N8O2. The molecule has 12 heteroatoms. The number of aromatic nitrogens is 7. The first kappa shape index (κ1) is 26.8. The number of likely N-dealkylation sites (tertiary alicyclic amines) is 1. The summed E-state index contributed by atoms with van der Waals surface area (Å²) < 4.78 is 36.6. The molecule has 0 atom stereocenters. The van der Waals surface area contributed by atoms with Gasteiger partial charge in [-0.05, 0) is 29.8 Å². The number of fused-ring (bicyclic) bond motifs is 1. The number of hydrogen-bond acceptors (Lipinski definition) is 8. The first-order valence-corrected chi connectivity index (χ1v) is 13.7. The first-order chi connectivity index (χ1) is 21.0. The lowest BCUT2D eigenvalue weighted by atomic mass is 9.97. The van der Waals surface area contributed by atoms with Crippen LogP contribution in [0.3, 0.4) is 0 Å². The molecule has 4 aromatic heterocycles. The summed E-state index contributed by atoms with van der Waals surface area (Å²) in [4.78, 5) is 16.0. The molecule has 0 unspecified atom stereocenters. The highest BCUT2D eigenvalue weighted by molar-refractivity contribution is 5.82. The van der Waals surface area contributed by atoms with Gasteiger partial charge in [0.25, 0.3) is 0 Å². The van der Waals surface area contributed by atoms with Gasteiger partial charge in [0.2, 0.25) is 5.88 Å². The fraction of sp³-hybridized carbons (Fsp3) is 0.194. The number of halogens is 2. The molecule has 0 radical (unpaired) electrons. The number of aliphatic hydroxyl groups is 1. The van der Waals surface area contributed by atoms with Crippen molar-refractivity contribution in [3.8, 4) is 39.8 Å². The van der Waals surface area contributed by atoms with Gasteiger partial charge < -0.3 is 9.84 Å². The number of rotatable bonds is 8. The van der Waals surface area contributed by atoms with E-state index in [0.717, 1.165) is 36.7 Å². The van der Waals surface area contributed by atoms with E-state index in [1.54, 1.807) is 6.20 Å². The number of aliphatic hydroxyl groups excluding tert-OH is 1. The fourth-order valence-electron chi connectivity index (χ4n) is 5.42. The Morgan fingerprint density at radius 1 is 1.00 bits per heavy atom. The molecule has 10 nitrogen and oxygen atoms in total. The summed E-state index contributed by atoms with van der Waals surface area (Å²) in [7, 11) is 1.43. The van der Waals surface area contributed by atoms with E-state index in [-0.39, 0.29) is 29.5 Å². The normalized spacial score (nSPS) is 13.9. The molecule has 5 heterocycles. The highest BCUT2D eigenvalue weighted by Gasteiger charge is 2.31. The van der Waals surface area contributed by atoms with Crippen molar-refractivity contribution in [3.05, 3.63) is 102 Å². The van der Waals surface area contributed by atoms with E-state index in [4.69, 9.17) is 9.72 Å². The van der Waals surface area contributed by atoms with Crippen LogP contribution in [0.25, 0.3) is 39.5 Å². The molecule has 0 aliphatic carbocycles. The Morgan fingerprint density at radius 3 is 2.49 bits per heavy atom. The number of aromatic amines is 1. The number of benzene rings is 2. The number of pyridine rings is 1. The third-order valence-corrected chi connectivity index (χ3v) is 7.62. The molecule has 43 heavy (non-hydrogen) atoms. The standard InChI is InChI=1S/C31H26F2N8O2/c1-43-31-22(17-42)30-35-27(21(16-41(30)39-31)26-23(32)5-4-6-24(26)33)19-10-8-18(9-11-19)13-40-14-20(15-40)28-36-29(38-37-28)25-7-2-3-12-34-25/h2-12,16,20,42H,13-15,17H2,1H3,(H,36,37,38). The van der Waals surface area contributed by atoms with Crippen LogP contribution >= 0.6 is 0 Å². The summed E-state index contributed by atoms with van der Waals surface area (Å²) in [5.74, 6) is 0.425. The van der Waals surface area contributed by atoms with Gasteiger partial charge in [0.1, 0.15) is 17.3 Å². The molecule has 1 aliphatic heterocycles. The van der Waals surface area contributed by atoms with Crippen molar-refractivity contribution in [1.82, 2.24) is 39.7 Å². The average Bonchev–Trinajstić information content (AvgIpc) is 3.63. The smallest absolute Gasteiger partial charge is 0.240 e. The summed E-state index contributed by atoms with van der Waals surface area (Å²) >= 11 is 0. The molecule has 0 spiro atoms. The highest BCUT2D eigenvalue weighted by Crippen LogP contribution is 2.36. The molecule has 216 valence electrons. The summed E-state index contributed by atoms with van der Waals surface area (Å²) in [5, 5.41) is 21.6. The van der Waals surface area contributed by atoms with Crippen LogP contribution in [0, 0.1) is 11.6 Å². The molecule has 1 saturated heterocycles. The quantitative estimate of drug-likeness (QED) is 0.268. The van der Waals surface area contributed by atoms with Crippen LogP contribution in [0.5, 0.6) is 5.88 Å². The van der Waals surface area contributed by atoms with Crippen molar-refractivity contribution in [3.63, 3.8) is 0 Å². The Kier molecular flexibility index (Phi) is 6.84. The van der Waals surface area contributed by atoms with Gasteiger partial charge >= 0.3 is 0 Å². The zero-order valence-corrected chi connectivity index (χ0v) is 23.1. The Bertz CT molecular complexity index is 1900. The SMILES string of the molecule is COc1nn2cc(-c3c(F)cccc3F)c(-c3ccc(CN4CC(c5n[nH]c(-c6ccccn6)n5)C4)cc3)nc2c1CO. The van der Waals surface area contributed by atoms with Gasteiger partial charge in [-0.15, -0.1) is 5.10 Å². The highest BCUT2D eigenvalue weighted by atomic mass is 19.1. The zero-order valence-electron chi connectivity index (χ0n) is 23.1. The number of ether oxygens (including phenoxy) is 1. The van der Waals surface area contributed by atoms with Crippen molar-refractivity contribution >= 4 is 5.65 Å². The molecule has 0 saturated carbocycles. The van der Waals surface area contributed by atoms with Gasteiger partial charge in [0.15, 0.2) is 17.3 Å². The molecule has 7 rings (SSSR count). The molecule has 0 amide bonds. The zero-order chi connectivity index (χ0) is 29.5. The van der Waals surface area contributed by atoms with Crippen LogP contribution in [-0.4, -0.2) is 65.0 Å². The third kappa shape index (κ3) is 4.90. The largest absolute Gasteiger partial charge is 0.480 e. The minimum absolute atomic E-state index is 0.188. The van der Waals surface area contributed by atoms with Crippen LogP contribution < -0.4 is 4.74 Å². The van der Waals surface area contributed by atoms with Crippen molar-refractivity contribution in [2.75, 3.05) is 20.2 Å². The first-order valence-electron chi connectivity index (χ1n) is 13.7. The molecule has 0 bridgehead atoms. The predicted octanol–water partition coefficient (Wildman–Crippen LogP) is 4.62. The van der Waals surface area contributed by atoms with Crippen molar-refractivity contribution in [2.24, 2.45) is 0 Å². The lowest BCUT2D eigenvalue weighted by Gasteiger charge is -2.37. The topological polar surface area (TPSA) is 117 Å². The van der Waals surface area contributed by atoms with E-state index < -0.39 is 11.6 Å². The van der Waals surface area contributed by atoms with E-state index >= 15 is 0 Å². The van der Waals surface area contributed by atoms with E-state index in [1.165, 1.54) is 36.0 Å². The number of nitrogens with one attached hydrogen (secondary N) is 1. The monoisotopic (exact) mass is 580 g/mol. The average molecular weight is 581 g/mol. The van der Waals surface area contributed by atoms with Gasteiger partial charge in [0, 0.05) is 49.1 Å². The molecule has 2 aromatic carbocycles. The van der Waals surface area contributed by atoms with Gasteiger partial charge in [-0.3, -0.25) is 15.0 Å². The molecule has 2 N–H and O–H groups in total. The number of nitrogens with zero attached hydrogens (tertiary/aromatic N) is 7. The summed E-state index contributed by atoms with van der Waals surface area (Å²) in [5.41, 5.74) is 3.60. The van der Waals surface area contributed by atoms with Crippen molar-refractivity contribution < 1.29 is 18.6 Å². The van der Waals surface area contributed by atoms with Crippen molar-refractivity contribution in [1.29, 1.82) is 0 Å². The lowest BCUT2D eigenvalue weighted by molar-refractivity contribution is 0.135. The molecule has 6 aromatic rings. The predicted molar refractivity (Wildman–Crippen MR) is 154 cm³/mol. The van der Waals surface area contributed by atoms with Crippen LogP contribution in [0.4, 0.5) is 8.78 Å². The van der Waals surface area contributed by atoms with Gasteiger partial charge in [-0.2, -0.15) is 5.10 Å². The van der Waals surface area contributed by atoms with Crippen LogP contribution in [0.1, 0.15) is 22.9 Å². The van der Waals surface area contributed by atoms with Crippen LogP contribution in [0.15, 0.2) is 73.1 Å². The van der Waals surface area contributed by atoms with E-state index in [0.29, 0.717) is 28.3 Å². The van der Waals surface area contributed by atoms with Crippen LogP contribution in [0.2, 0.25) is 0 Å². The minimum Gasteiger partial charge on any atom is -0.480 e.